The average Bonchev–Trinajstić information content (AvgIpc) is 2.66. The van der Waals surface area contributed by atoms with E-state index in [0.717, 1.165) is 0 Å². The number of nitrogens with two attached hydrogens (primary N) is 1. The highest BCUT2D eigenvalue weighted by Gasteiger charge is 2.14. The number of fused-ring (bicyclic) bond motifs is 1. The third-order valence-corrected chi connectivity index (χ3v) is 4.66. The normalized spacial score (nSPS) is 11.7. The summed E-state index contributed by atoms with van der Waals surface area (Å²) < 4.78 is 0. The smallest absolute Gasteiger partial charge is 0.279 e. The topological polar surface area (TPSA) is 69.5 Å². The van der Waals surface area contributed by atoms with Crippen molar-refractivity contribution in [1.82, 2.24) is 0 Å². The molecule has 0 unspecified atom stereocenters. The van der Waals surface area contributed by atoms with Crippen LogP contribution in [0.25, 0.3) is 10.8 Å². The Bertz CT molecular complexity index is 989. The van der Waals surface area contributed by atoms with Gasteiger partial charge in [-0.15, -0.1) is 0 Å². The molecule has 0 aliphatic heterocycles. The molecule has 130 valence electrons. The fraction of sp³-hybridized carbons (Fsp3) is 0.143. The van der Waals surface area contributed by atoms with Crippen molar-refractivity contribution in [3.8, 4) is 6.07 Å². The highest BCUT2D eigenvalue weighted by atomic mass is 35.5. The van der Waals surface area contributed by atoms with Crippen LogP contribution in [0.4, 0.5) is 5.69 Å². The quantitative estimate of drug-likeness (QED) is 0.725. The zero-order valence-corrected chi connectivity index (χ0v) is 15.1. The molecule has 3 aromatic rings. The van der Waals surface area contributed by atoms with E-state index in [1.54, 1.807) is 18.2 Å². The van der Waals surface area contributed by atoms with E-state index in [-0.39, 0.29) is 11.9 Å². The number of amides is 1. The average molecular weight is 365 g/mol. The molecule has 0 bridgehead atoms. The van der Waals surface area contributed by atoms with Gasteiger partial charge in [-0.2, -0.15) is 5.26 Å². The molecular weight excluding hydrogens is 346 g/mol. The van der Waals surface area contributed by atoms with E-state index >= 15 is 0 Å². The van der Waals surface area contributed by atoms with Gasteiger partial charge in [-0.05, 0) is 35.9 Å². The van der Waals surface area contributed by atoms with Crippen molar-refractivity contribution in [2.45, 2.75) is 13.0 Å². The molecule has 5 heteroatoms. The second kappa shape index (κ2) is 8.01. The molecule has 0 aromatic heterocycles. The van der Waals surface area contributed by atoms with Crippen LogP contribution in [0, 0.1) is 11.3 Å². The summed E-state index contributed by atoms with van der Waals surface area (Å²) in [4.78, 5) is 12.2. The number of hydrogen-bond acceptors (Lipinski definition) is 2. The van der Waals surface area contributed by atoms with Crippen molar-refractivity contribution in [2.24, 2.45) is 0 Å². The number of carbonyl (C=O) groups is 1. The minimum absolute atomic E-state index is 0.113. The predicted octanol–water partition coefficient (Wildman–Crippen LogP) is 3.63. The zero-order valence-electron chi connectivity index (χ0n) is 14.4. The van der Waals surface area contributed by atoms with E-state index in [2.05, 4.69) is 36.5 Å². The summed E-state index contributed by atoms with van der Waals surface area (Å²) in [6, 6.07) is 21.5. The summed E-state index contributed by atoms with van der Waals surface area (Å²) in [7, 11) is 0. The molecule has 0 spiro atoms. The lowest BCUT2D eigenvalue weighted by atomic mass is 10.00. The first-order valence-electron chi connectivity index (χ1n) is 8.39. The Balaban J connectivity index is 1.64. The number of nitrogens with zero attached hydrogens (tertiary/aromatic N) is 1. The largest absolute Gasteiger partial charge is 0.332 e. The molecule has 3 N–H and O–H groups in total. The Morgan fingerprint density at radius 3 is 2.73 bits per heavy atom. The fourth-order valence-electron chi connectivity index (χ4n) is 2.95. The van der Waals surface area contributed by atoms with Crippen LogP contribution in [0.3, 0.4) is 0 Å². The van der Waals surface area contributed by atoms with Gasteiger partial charge in [0.1, 0.15) is 12.1 Å². The molecule has 3 aromatic carbocycles. The van der Waals surface area contributed by atoms with Gasteiger partial charge in [0.05, 0.1) is 10.6 Å². The van der Waals surface area contributed by atoms with Crippen molar-refractivity contribution >= 4 is 34.0 Å². The Morgan fingerprint density at radius 1 is 1.19 bits per heavy atom. The van der Waals surface area contributed by atoms with E-state index in [1.807, 2.05) is 29.6 Å². The molecule has 0 saturated carbocycles. The number of anilines is 1. The summed E-state index contributed by atoms with van der Waals surface area (Å²) in [5, 5.41) is 16.4. The zero-order chi connectivity index (χ0) is 18.5. The number of halogens is 1. The van der Waals surface area contributed by atoms with Crippen molar-refractivity contribution in [3.05, 3.63) is 76.8 Å². The lowest BCUT2D eigenvalue weighted by Crippen LogP contribution is -2.86. The monoisotopic (exact) mass is 364 g/mol. The molecule has 0 heterocycles. The summed E-state index contributed by atoms with van der Waals surface area (Å²) in [6.45, 7) is 2.38. The van der Waals surface area contributed by atoms with Crippen molar-refractivity contribution in [3.63, 3.8) is 0 Å². The molecule has 26 heavy (non-hydrogen) atoms. The van der Waals surface area contributed by atoms with Crippen LogP contribution in [0.2, 0.25) is 5.02 Å². The highest BCUT2D eigenvalue weighted by molar-refractivity contribution is 6.32. The molecule has 1 amide bonds. The standard InChI is InChI=1S/C21H18ClN3O/c1-14(18-8-4-6-15-5-2-3-7-19(15)18)24-13-21(26)25-17-10-9-16(12-23)20(22)11-17/h2-11,14,24H,13H2,1H3,(H,25,26)/p+1/t14-/m0/s1. The summed E-state index contributed by atoms with van der Waals surface area (Å²) in [5.74, 6) is -0.113. The van der Waals surface area contributed by atoms with Gasteiger partial charge in [0, 0.05) is 11.3 Å². The minimum Gasteiger partial charge on any atom is -0.332 e. The Labute approximate surface area is 157 Å². The predicted molar refractivity (Wildman–Crippen MR) is 104 cm³/mol. The van der Waals surface area contributed by atoms with Crippen LogP contribution in [-0.2, 0) is 4.79 Å². The van der Waals surface area contributed by atoms with Gasteiger partial charge in [0.25, 0.3) is 5.91 Å². The summed E-state index contributed by atoms with van der Waals surface area (Å²) >= 11 is 5.99. The maximum Gasteiger partial charge on any atom is 0.279 e. The van der Waals surface area contributed by atoms with Gasteiger partial charge in [0.15, 0.2) is 6.54 Å². The highest BCUT2D eigenvalue weighted by Crippen LogP contribution is 2.22. The van der Waals surface area contributed by atoms with Crippen LogP contribution in [0.15, 0.2) is 60.7 Å². The molecule has 1 atom stereocenters. The van der Waals surface area contributed by atoms with E-state index in [0.29, 0.717) is 22.8 Å². The lowest BCUT2D eigenvalue weighted by molar-refractivity contribution is -0.682. The van der Waals surface area contributed by atoms with Crippen LogP contribution >= 0.6 is 11.6 Å². The first-order valence-corrected chi connectivity index (χ1v) is 8.77. The number of nitriles is 1. The number of carbonyl (C=O) groups excluding carboxylic acids is 1. The van der Waals surface area contributed by atoms with Crippen LogP contribution in [0.1, 0.15) is 24.1 Å². The van der Waals surface area contributed by atoms with Gasteiger partial charge in [-0.3, -0.25) is 4.79 Å². The molecule has 0 aliphatic rings. The van der Waals surface area contributed by atoms with Gasteiger partial charge in [0.2, 0.25) is 0 Å². The van der Waals surface area contributed by atoms with E-state index in [4.69, 9.17) is 16.9 Å². The molecular formula is C21H19ClN3O+. The number of nitrogens with one attached hydrogen (secondary N) is 1. The molecule has 4 nitrogen and oxygen atoms in total. The third kappa shape index (κ3) is 4.02. The Hall–Kier alpha value is -2.87. The molecule has 0 radical (unpaired) electrons. The van der Waals surface area contributed by atoms with Crippen molar-refractivity contribution in [2.75, 3.05) is 11.9 Å². The second-order valence-electron chi connectivity index (χ2n) is 6.15. The summed E-state index contributed by atoms with van der Waals surface area (Å²) in [6.07, 6.45) is 0. The lowest BCUT2D eigenvalue weighted by Gasteiger charge is -2.14. The van der Waals surface area contributed by atoms with Crippen molar-refractivity contribution in [1.29, 1.82) is 5.26 Å². The first-order chi connectivity index (χ1) is 12.6. The Morgan fingerprint density at radius 2 is 1.96 bits per heavy atom. The third-order valence-electron chi connectivity index (χ3n) is 4.34. The summed E-state index contributed by atoms with van der Waals surface area (Å²) in [5.41, 5.74) is 2.18. The SMILES string of the molecule is C[C@H]([NH2+]CC(=O)Nc1ccc(C#N)c(Cl)c1)c1cccc2ccccc12. The van der Waals surface area contributed by atoms with Gasteiger partial charge < -0.3 is 10.6 Å². The van der Waals surface area contributed by atoms with Crippen molar-refractivity contribution < 1.29 is 10.1 Å². The minimum atomic E-state index is -0.113. The van der Waals surface area contributed by atoms with Crippen LogP contribution in [-0.4, -0.2) is 12.5 Å². The van der Waals surface area contributed by atoms with Gasteiger partial charge >= 0.3 is 0 Å². The molecule has 0 saturated heterocycles. The van der Waals surface area contributed by atoms with E-state index in [1.165, 1.54) is 16.3 Å². The van der Waals surface area contributed by atoms with Crippen LogP contribution < -0.4 is 10.6 Å². The number of quaternary nitrogens is 1. The van der Waals surface area contributed by atoms with E-state index < -0.39 is 0 Å². The van der Waals surface area contributed by atoms with E-state index in [9.17, 15) is 4.79 Å². The Kier molecular flexibility index (Phi) is 5.52. The van der Waals surface area contributed by atoms with Crippen LogP contribution in [0.5, 0.6) is 0 Å². The van der Waals surface area contributed by atoms with Gasteiger partial charge in [-0.1, -0.05) is 54.1 Å². The fourth-order valence-corrected chi connectivity index (χ4v) is 3.18. The second-order valence-corrected chi connectivity index (χ2v) is 6.56. The molecule has 3 rings (SSSR count). The molecule has 0 fully saturated rings. The first kappa shape index (κ1) is 17.9. The number of rotatable bonds is 5. The maximum absolute atomic E-state index is 12.2. The number of benzene rings is 3. The molecule has 0 aliphatic carbocycles. The number of hydrogen-bond donors (Lipinski definition) is 2. The van der Waals surface area contributed by atoms with Gasteiger partial charge in [-0.25, -0.2) is 0 Å². The maximum atomic E-state index is 12.2.